The van der Waals surface area contributed by atoms with Crippen LogP contribution >= 0.6 is 38.9 Å². The highest BCUT2D eigenvalue weighted by Gasteiger charge is 2.27. The highest BCUT2D eigenvalue weighted by molar-refractivity contribution is 9.10. The third-order valence-corrected chi connectivity index (χ3v) is 6.09. The Morgan fingerprint density at radius 2 is 2.21 bits per heavy atom. The second-order valence-corrected chi connectivity index (χ2v) is 7.13. The molecule has 19 heavy (non-hydrogen) atoms. The minimum atomic E-state index is 0.206. The van der Waals surface area contributed by atoms with Gasteiger partial charge in [0.1, 0.15) is 4.34 Å². The first-order valence-corrected chi connectivity index (χ1v) is 8.19. The van der Waals surface area contributed by atoms with Crippen molar-refractivity contribution in [3.63, 3.8) is 0 Å². The molecule has 1 unspecified atom stereocenters. The maximum absolute atomic E-state index is 6.15. The van der Waals surface area contributed by atoms with Crippen LogP contribution in [0.2, 0.25) is 4.34 Å². The van der Waals surface area contributed by atoms with Gasteiger partial charge in [-0.15, -0.1) is 11.3 Å². The predicted molar refractivity (Wildman–Crippen MR) is 86.3 cm³/mol. The molecule has 2 aromatic rings. The minimum absolute atomic E-state index is 0.206. The Bertz CT molecular complexity index is 579. The minimum Gasteiger partial charge on any atom is -0.362 e. The molecule has 2 heterocycles. The summed E-state index contributed by atoms with van der Waals surface area (Å²) in [7, 11) is 0. The number of halogens is 2. The first-order valence-electron chi connectivity index (χ1n) is 6.20. The fourth-order valence-electron chi connectivity index (χ4n) is 2.61. The molecule has 1 aliphatic rings. The van der Waals surface area contributed by atoms with Crippen molar-refractivity contribution in [2.24, 2.45) is 5.73 Å². The number of fused-ring (bicyclic) bond motifs is 1. The van der Waals surface area contributed by atoms with Crippen LogP contribution in [-0.2, 0) is 6.42 Å². The van der Waals surface area contributed by atoms with Gasteiger partial charge >= 0.3 is 0 Å². The molecule has 0 aliphatic carbocycles. The van der Waals surface area contributed by atoms with Crippen molar-refractivity contribution in [2.45, 2.75) is 12.5 Å². The van der Waals surface area contributed by atoms with Crippen LogP contribution in [0.3, 0.4) is 0 Å². The second kappa shape index (κ2) is 5.44. The average Bonchev–Trinajstić information content (AvgIpc) is 2.97. The summed E-state index contributed by atoms with van der Waals surface area (Å²) in [5, 5.41) is 0. The molecule has 1 atom stereocenters. The molecule has 0 spiro atoms. The molecule has 0 bridgehead atoms. The SMILES string of the molecule is NCC(c1cc(Br)c(Cl)s1)N1CCc2ccccc21. The first-order chi connectivity index (χ1) is 9.20. The third kappa shape index (κ3) is 2.42. The molecule has 3 rings (SSSR count). The molecule has 1 aliphatic heterocycles. The Labute approximate surface area is 130 Å². The number of benzene rings is 1. The van der Waals surface area contributed by atoms with E-state index in [9.17, 15) is 0 Å². The summed E-state index contributed by atoms with van der Waals surface area (Å²) in [6.45, 7) is 1.62. The maximum Gasteiger partial charge on any atom is 0.107 e. The third-order valence-electron chi connectivity index (χ3n) is 3.52. The van der Waals surface area contributed by atoms with Crippen LogP contribution in [0.15, 0.2) is 34.8 Å². The molecule has 2 nitrogen and oxygen atoms in total. The van der Waals surface area contributed by atoms with Crippen LogP contribution in [0.25, 0.3) is 0 Å². The van der Waals surface area contributed by atoms with Crippen molar-refractivity contribution in [2.75, 3.05) is 18.0 Å². The number of para-hydroxylation sites is 1. The van der Waals surface area contributed by atoms with Gasteiger partial charge in [-0.25, -0.2) is 0 Å². The van der Waals surface area contributed by atoms with E-state index in [1.54, 1.807) is 11.3 Å². The van der Waals surface area contributed by atoms with Crippen molar-refractivity contribution in [1.82, 2.24) is 0 Å². The van der Waals surface area contributed by atoms with E-state index in [1.807, 2.05) is 0 Å². The van der Waals surface area contributed by atoms with E-state index in [4.69, 9.17) is 17.3 Å². The Morgan fingerprint density at radius 3 is 2.89 bits per heavy atom. The van der Waals surface area contributed by atoms with Crippen molar-refractivity contribution < 1.29 is 0 Å². The maximum atomic E-state index is 6.15. The smallest absolute Gasteiger partial charge is 0.107 e. The predicted octanol–water partition coefficient (Wildman–Crippen LogP) is 4.23. The molecule has 100 valence electrons. The zero-order valence-corrected chi connectivity index (χ0v) is 13.4. The Morgan fingerprint density at radius 1 is 1.42 bits per heavy atom. The van der Waals surface area contributed by atoms with Gasteiger partial charge in [0, 0.05) is 28.1 Å². The fourth-order valence-corrected chi connectivity index (χ4v) is 4.47. The van der Waals surface area contributed by atoms with Gasteiger partial charge in [0.25, 0.3) is 0 Å². The van der Waals surface area contributed by atoms with Crippen molar-refractivity contribution in [1.29, 1.82) is 0 Å². The van der Waals surface area contributed by atoms with Crippen molar-refractivity contribution >= 4 is 44.6 Å². The first kappa shape index (κ1) is 13.4. The molecular weight excluding hydrogens is 344 g/mol. The van der Waals surface area contributed by atoms with Crippen molar-refractivity contribution in [3.05, 3.63) is 49.6 Å². The van der Waals surface area contributed by atoms with Crippen LogP contribution in [0.1, 0.15) is 16.5 Å². The summed E-state index contributed by atoms with van der Waals surface area (Å²) in [6.07, 6.45) is 1.09. The molecular formula is C14H14BrClN2S. The molecule has 1 aromatic carbocycles. The van der Waals surface area contributed by atoms with Gasteiger partial charge in [0.2, 0.25) is 0 Å². The highest BCUT2D eigenvalue weighted by atomic mass is 79.9. The number of hydrogen-bond donors (Lipinski definition) is 1. The van der Waals surface area contributed by atoms with E-state index in [0.717, 1.165) is 21.8 Å². The Hall–Kier alpha value is -0.550. The molecule has 0 amide bonds. The van der Waals surface area contributed by atoms with Crippen LogP contribution in [-0.4, -0.2) is 13.1 Å². The number of anilines is 1. The van der Waals surface area contributed by atoms with E-state index < -0.39 is 0 Å². The van der Waals surface area contributed by atoms with Gasteiger partial charge in [0.15, 0.2) is 0 Å². The van der Waals surface area contributed by atoms with Gasteiger partial charge in [0.05, 0.1) is 6.04 Å². The average molecular weight is 358 g/mol. The Balaban J connectivity index is 1.96. The molecule has 5 heteroatoms. The van der Waals surface area contributed by atoms with Gasteiger partial charge in [-0.3, -0.25) is 0 Å². The molecule has 0 fully saturated rings. The van der Waals surface area contributed by atoms with Crippen LogP contribution in [0.5, 0.6) is 0 Å². The monoisotopic (exact) mass is 356 g/mol. The molecule has 0 radical (unpaired) electrons. The van der Waals surface area contributed by atoms with E-state index in [2.05, 4.69) is 51.2 Å². The van der Waals surface area contributed by atoms with E-state index >= 15 is 0 Å². The summed E-state index contributed by atoms with van der Waals surface area (Å²) in [5.74, 6) is 0. The summed E-state index contributed by atoms with van der Waals surface area (Å²) >= 11 is 11.2. The number of nitrogens with zero attached hydrogens (tertiary/aromatic N) is 1. The van der Waals surface area contributed by atoms with Gasteiger partial charge < -0.3 is 10.6 Å². The summed E-state index contributed by atoms with van der Waals surface area (Å²) in [5.41, 5.74) is 8.72. The van der Waals surface area contributed by atoms with E-state index in [0.29, 0.717) is 6.54 Å². The van der Waals surface area contributed by atoms with E-state index in [-0.39, 0.29) is 6.04 Å². The number of nitrogens with two attached hydrogens (primary N) is 1. The molecule has 2 N–H and O–H groups in total. The standard InChI is InChI=1S/C14H14BrClN2S/c15-10-7-13(19-14(10)16)12(8-17)18-6-5-9-3-1-2-4-11(9)18/h1-4,7,12H,5-6,8,17H2. The van der Waals surface area contributed by atoms with Crippen molar-refractivity contribution in [3.8, 4) is 0 Å². The van der Waals surface area contributed by atoms with Crippen LogP contribution < -0.4 is 10.6 Å². The van der Waals surface area contributed by atoms with E-state index in [1.165, 1.54) is 16.1 Å². The lowest BCUT2D eigenvalue weighted by molar-refractivity contribution is 0.659. The molecule has 0 saturated heterocycles. The summed E-state index contributed by atoms with van der Waals surface area (Å²) < 4.78 is 1.75. The summed E-state index contributed by atoms with van der Waals surface area (Å²) in [6, 6.07) is 10.8. The van der Waals surface area contributed by atoms with Crippen LogP contribution in [0, 0.1) is 0 Å². The number of thiophene rings is 1. The number of hydrogen-bond acceptors (Lipinski definition) is 3. The second-order valence-electron chi connectivity index (χ2n) is 4.59. The highest BCUT2D eigenvalue weighted by Crippen LogP contribution is 2.40. The lowest BCUT2D eigenvalue weighted by Gasteiger charge is -2.28. The molecule has 1 aromatic heterocycles. The normalized spacial score (nSPS) is 15.6. The zero-order chi connectivity index (χ0) is 13.4. The van der Waals surface area contributed by atoms with Gasteiger partial charge in [-0.1, -0.05) is 29.8 Å². The molecule has 0 saturated carbocycles. The van der Waals surface area contributed by atoms with Gasteiger partial charge in [-0.2, -0.15) is 0 Å². The quantitative estimate of drug-likeness (QED) is 0.891. The summed E-state index contributed by atoms with van der Waals surface area (Å²) in [4.78, 5) is 3.61. The number of rotatable bonds is 3. The lowest BCUT2D eigenvalue weighted by atomic mass is 10.1. The largest absolute Gasteiger partial charge is 0.362 e. The van der Waals surface area contributed by atoms with Crippen LogP contribution in [0.4, 0.5) is 5.69 Å². The topological polar surface area (TPSA) is 29.3 Å². The Kier molecular flexibility index (Phi) is 3.85. The van der Waals surface area contributed by atoms with Gasteiger partial charge in [-0.05, 0) is 40.0 Å². The lowest BCUT2D eigenvalue weighted by Crippen LogP contribution is -2.31. The zero-order valence-electron chi connectivity index (χ0n) is 10.3. The fraction of sp³-hybridized carbons (Fsp3) is 0.286.